The van der Waals surface area contributed by atoms with E-state index < -0.39 is 0 Å². The maximum atomic E-state index is 4.01. The summed E-state index contributed by atoms with van der Waals surface area (Å²) in [5.41, 5.74) is 1.39. The van der Waals surface area contributed by atoms with Gasteiger partial charge in [0, 0.05) is 12.4 Å². The third-order valence-corrected chi connectivity index (χ3v) is 2.42. The summed E-state index contributed by atoms with van der Waals surface area (Å²) < 4.78 is 0. The zero-order valence-electron chi connectivity index (χ0n) is 9.16. The molecule has 1 unspecified atom stereocenters. The first-order chi connectivity index (χ1) is 6.83. The molecule has 0 spiro atoms. The predicted octanol–water partition coefficient (Wildman–Crippen LogP) is 2.26. The Balaban J connectivity index is 2.20. The van der Waals surface area contributed by atoms with Crippen LogP contribution in [0.4, 0.5) is 0 Å². The minimum Gasteiger partial charge on any atom is -0.317 e. The van der Waals surface area contributed by atoms with Crippen LogP contribution < -0.4 is 5.32 Å². The molecule has 0 radical (unpaired) electrons. The minimum atomic E-state index is 0.753. The van der Waals surface area contributed by atoms with Gasteiger partial charge in [-0.1, -0.05) is 13.8 Å². The lowest BCUT2D eigenvalue weighted by Crippen LogP contribution is -2.20. The summed E-state index contributed by atoms with van der Waals surface area (Å²) in [5.74, 6) is 0.753. The Hall–Kier alpha value is -0.890. The van der Waals surface area contributed by atoms with Crippen LogP contribution in [-0.4, -0.2) is 18.1 Å². The molecule has 0 bridgehead atoms. The van der Waals surface area contributed by atoms with Crippen molar-refractivity contribution in [1.29, 1.82) is 0 Å². The van der Waals surface area contributed by atoms with E-state index in [1.807, 2.05) is 12.4 Å². The predicted molar refractivity (Wildman–Crippen MR) is 60.3 cm³/mol. The molecule has 1 aromatic heterocycles. The van der Waals surface area contributed by atoms with E-state index in [9.17, 15) is 0 Å². The van der Waals surface area contributed by atoms with Crippen LogP contribution in [-0.2, 0) is 6.42 Å². The molecule has 1 heterocycles. The van der Waals surface area contributed by atoms with E-state index in [1.54, 1.807) is 0 Å². The first kappa shape index (κ1) is 11.2. The van der Waals surface area contributed by atoms with Gasteiger partial charge in [-0.15, -0.1) is 0 Å². The summed E-state index contributed by atoms with van der Waals surface area (Å²) in [7, 11) is 0. The highest BCUT2D eigenvalue weighted by Gasteiger charge is 2.01. The molecular formula is C12H20N2. The fraction of sp³-hybridized carbons (Fsp3) is 0.583. The van der Waals surface area contributed by atoms with Crippen LogP contribution in [0, 0.1) is 5.92 Å². The van der Waals surface area contributed by atoms with Gasteiger partial charge < -0.3 is 5.32 Å². The molecule has 1 atom stereocenters. The van der Waals surface area contributed by atoms with Gasteiger partial charge >= 0.3 is 0 Å². The van der Waals surface area contributed by atoms with Crippen LogP contribution in [0.3, 0.4) is 0 Å². The second-order valence-electron chi connectivity index (χ2n) is 3.81. The Morgan fingerprint density at radius 3 is 2.71 bits per heavy atom. The van der Waals surface area contributed by atoms with Crippen molar-refractivity contribution in [3.8, 4) is 0 Å². The summed E-state index contributed by atoms with van der Waals surface area (Å²) >= 11 is 0. The van der Waals surface area contributed by atoms with Gasteiger partial charge in [0.25, 0.3) is 0 Å². The maximum Gasteiger partial charge on any atom is 0.0270 e. The topological polar surface area (TPSA) is 24.9 Å². The number of hydrogen-bond acceptors (Lipinski definition) is 2. The number of aromatic nitrogens is 1. The Kier molecular flexibility index (Phi) is 5.23. The van der Waals surface area contributed by atoms with Crippen molar-refractivity contribution < 1.29 is 0 Å². The lowest BCUT2D eigenvalue weighted by atomic mass is 10.0. The number of pyridine rings is 1. The molecule has 1 N–H and O–H groups in total. The molecule has 0 amide bonds. The largest absolute Gasteiger partial charge is 0.317 e. The van der Waals surface area contributed by atoms with E-state index in [2.05, 4.69) is 36.3 Å². The lowest BCUT2D eigenvalue weighted by Gasteiger charge is -2.11. The SMILES string of the molecule is CCNCC(C)CCc1ccncc1. The molecule has 2 nitrogen and oxygen atoms in total. The Labute approximate surface area is 86.8 Å². The van der Waals surface area contributed by atoms with Crippen molar-refractivity contribution in [2.45, 2.75) is 26.7 Å². The molecule has 0 aliphatic heterocycles. The molecule has 0 aromatic carbocycles. The zero-order chi connectivity index (χ0) is 10.2. The second kappa shape index (κ2) is 6.55. The highest BCUT2D eigenvalue weighted by molar-refractivity contribution is 5.09. The standard InChI is InChI=1S/C12H20N2/c1-3-13-10-11(2)4-5-12-6-8-14-9-7-12/h6-9,11,13H,3-5,10H2,1-2H3. The molecule has 14 heavy (non-hydrogen) atoms. The average molecular weight is 192 g/mol. The quantitative estimate of drug-likeness (QED) is 0.748. The Morgan fingerprint density at radius 2 is 2.07 bits per heavy atom. The Bertz CT molecular complexity index is 233. The van der Waals surface area contributed by atoms with Crippen molar-refractivity contribution in [2.24, 2.45) is 5.92 Å². The lowest BCUT2D eigenvalue weighted by molar-refractivity contribution is 0.489. The maximum absolute atomic E-state index is 4.01. The van der Waals surface area contributed by atoms with Crippen molar-refractivity contribution in [1.82, 2.24) is 10.3 Å². The van der Waals surface area contributed by atoms with E-state index in [1.165, 1.54) is 12.0 Å². The van der Waals surface area contributed by atoms with Crippen LogP contribution in [0.2, 0.25) is 0 Å². The van der Waals surface area contributed by atoms with Gasteiger partial charge in [-0.3, -0.25) is 4.98 Å². The second-order valence-corrected chi connectivity index (χ2v) is 3.81. The number of rotatable bonds is 6. The number of aryl methyl sites for hydroxylation is 1. The Morgan fingerprint density at radius 1 is 1.36 bits per heavy atom. The molecule has 0 aliphatic carbocycles. The summed E-state index contributed by atoms with van der Waals surface area (Å²) in [6, 6.07) is 4.19. The van der Waals surface area contributed by atoms with Crippen LogP contribution in [0.25, 0.3) is 0 Å². The van der Waals surface area contributed by atoms with Crippen molar-refractivity contribution in [3.05, 3.63) is 30.1 Å². The van der Waals surface area contributed by atoms with E-state index in [-0.39, 0.29) is 0 Å². The van der Waals surface area contributed by atoms with Gasteiger partial charge in [0.2, 0.25) is 0 Å². The van der Waals surface area contributed by atoms with Gasteiger partial charge in [0.05, 0.1) is 0 Å². The van der Waals surface area contributed by atoms with Crippen LogP contribution in [0.15, 0.2) is 24.5 Å². The minimum absolute atomic E-state index is 0.753. The molecule has 2 heteroatoms. The van der Waals surface area contributed by atoms with Crippen LogP contribution >= 0.6 is 0 Å². The molecule has 0 aliphatic rings. The molecule has 1 rings (SSSR count). The molecule has 0 saturated heterocycles. The number of nitrogens with one attached hydrogen (secondary N) is 1. The molecule has 78 valence electrons. The first-order valence-corrected chi connectivity index (χ1v) is 5.42. The van der Waals surface area contributed by atoms with E-state index >= 15 is 0 Å². The first-order valence-electron chi connectivity index (χ1n) is 5.42. The third kappa shape index (κ3) is 4.38. The third-order valence-electron chi connectivity index (χ3n) is 2.42. The van der Waals surface area contributed by atoms with Crippen molar-refractivity contribution in [3.63, 3.8) is 0 Å². The zero-order valence-corrected chi connectivity index (χ0v) is 9.16. The van der Waals surface area contributed by atoms with Crippen molar-refractivity contribution >= 4 is 0 Å². The fourth-order valence-corrected chi connectivity index (χ4v) is 1.46. The summed E-state index contributed by atoms with van der Waals surface area (Å²) in [4.78, 5) is 4.01. The van der Waals surface area contributed by atoms with Gasteiger partial charge in [0.15, 0.2) is 0 Å². The monoisotopic (exact) mass is 192 g/mol. The smallest absolute Gasteiger partial charge is 0.0270 e. The van der Waals surface area contributed by atoms with E-state index in [0.717, 1.165) is 25.4 Å². The molecule has 1 aromatic rings. The summed E-state index contributed by atoms with van der Waals surface area (Å²) in [6.07, 6.45) is 6.14. The van der Waals surface area contributed by atoms with Gasteiger partial charge in [-0.2, -0.15) is 0 Å². The summed E-state index contributed by atoms with van der Waals surface area (Å²) in [5, 5.41) is 3.37. The number of nitrogens with zero attached hydrogens (tertiary/aromatic N) is 1. The van der Waals surface area contributed by atoms with Crippen molar-refractivity contribution in [2.75, 3.05) is 13.1 Å². The van der Waals surface area contributed by atoms with Gasteiger partial charge in [-0.05, 0) is 49.5 Å². The normalized spacial score (nSPS) is 12.7. The average Bonchev–Trinajstić information content (AvgIpc) is 2.25. The molecule has 0 saturated carbocycles. The van der Waals surface area contributed by atoms with Crippen LogP contribution in [0.1, 0.15) is 25.8 Å². The highest BCUT2D eigenvalue weighted by atomic mass is 14.8. The van der Waals surface area contributed by atoms with Crippen LogP contribution in [0.5, 0.6) is 0 Å². The molecular weight excluding hydrogens is 172 g/mol. The summed E-state index contributed by atoms with van der Waals surface area (Å²) in [6.45, 7) is 6.64. The van der Waals surface area contributed by atoms with E-state index in [0.29, 0.717) is 0 Å². The highest BCUT2D eigenvalue weighted by Crippen LogP contribution is 2.07. The van der Waals surface area contributed by atoms with Gasteiger partial charge in [0.1, 0.15) is 0 Å². The van der Waals surface area contributed by atoms with E-state index in [4.69, 9.17) is 0 Å². The van der Waals surface area contributed by atoms with Gasteiger partial charge in [-0.25, -0.2) is 0 Å². The molecule has 0 fully saturated rings. The number of hydrogen-bond donors (Lipinski definition) is 1. The fourth-order valence-electron chi connectivity index (χ4n) is 1.46.